The summed E-state index contributed by atoms with van der Waals surface area (Å²) in [6.07, 6.45) is 28.1. The summed E-state index contributed by atoms with van der Waals surface area (Å²) in [5.74, 6) is 0.580. The first-order valence-electron chi connectivity index (χ1n) is 25.4. The van der Waals surface area contributed by atoms with Gasteiger partial charge in [-0.25, -0.2) is 0 Å². The van der Waals surface area contributed by atoms with Gasteiger partial charge >= 0.3 is 0 Å². The van der Waals surface area contributed by atoms with Crippen molar-refractivity contribution in [3.05, 3.63) is 283 Å². The van der Waals surface area contributed by atoms with Crippen LogP contribution < -0.4 is 4.90 Å². The summed E-state index contributed by atoms with van der Waals surface area (Å²) in [6.45, 7) is 8.25. The number of anilines is 2. The van der Waals surface area contributed by atoms with Gasteiger partial charge in [-0.2, -0.15) is 0 Å². The SMILES string of the molecule is C=C/C=C(\C=C/C)C1=CC2c3c(ccc4ccccc34)N(c3ccc(-c4cc(-c5ccc(C)cc5)cc(-c5ccc(-n6c7c(c8cc(-c9ccccc9)ccc86)C6=CC=CCC6C=C7)cc5)c4)cc3)C2C=C1. The van der Waals surface area contributed by atoms with E-state index in [4.69, 9.17) is 0 Å². The molecule has 0 bridgehead atoms. The standard InChI is InChI=1S/C70H54N2/c1-4-13-47(14-5-2)54-31-37-65-63(44-54)69-61-19-11-9-17-52(61)29-39-67(69)71(65)59-33-25-50(26-34-59)57-41-56(49-23-21-46(3)22-24-49)42-58(43-57)51-27-35-60(36-28-51)72-66-38-32-55(48-15-7-6-8-16-48)45-64(66)70-62-20-12-10-18-53(62)30-40-68(70)72/h4-17,19-45,53,63,65H,1,18H2,2-3H3/b14-5-,47-13+. The van der Waals surface area contributed by atoms with Gasteiger partial charge in [-0.3, -0.25) is 0 Å². The molecule has 0 amide bonds. The zero-order valence-corrected chi connectivity index (χ0v) is 40.7. The third-order valence-corrected chi connectivity index (χ3v) is 15.4. The Kier molecular flexibility index (Phi) is 10.8. The largest absolute Gasteiger partial charge is 0.333 e. The first-order valence-corrected chi connectivity index (χ1v) is 25.4. The van der Waals surface area contributed by atoms with Crippen molar-refractivity contribution in [1.29, 1.82) is 0 Å². The lowest BCUT2D eigenvalue weighted by Gasteiger charge is -2.30. The van der Waals surface area contributed by atoms with Crippen molar-refractivity contribution in [2.45, 2.75) is 32.2 Å². The van der Waals surface area contributed by atoms with Gasteiger partial charge in [0.25, 0.3) is 0 Å². The Bertz CT molecular complexity index is 3840. The minimum absolute atomic E-state index is 0.145. The van der Waals surface area contributed by atoms with E-state index in [9.17, 15) is 0 Å². The molecule has 0 saturated carbocycles. The van der Waals surface area contributed by atoms with E-state index in [1.807, 2.05) is 6.08 Å². The van der Waals surface area contributed by atoms with Crippen molar-refractivity contribution >= 4 is 44.7 Å². The quantitative estimate of drug-likeness (QED) is 0.131. The second-order valence-corrected chi connectivity index (χ2v) is 19.6. The van der Waals surface area contributed by atoms with Gasteiger partial charge < -0.3 is 9.47 Å². The molecular weight excluding hydrogens is 869 g/mol. The molecule has 2 heterocycles. The van der Waals surface area contributed by atoms with Crippen molar-refractivity contribution in [3.63, 3.8) is 0 Å². The van der Waals surface area contributed by atoms with Crippen molar-refractivity contribution in [1.82, 2.24) is 4.57 Å². The topological polar surface area (TPSA) is 8.17 Å². The number of hydrogen-bond donors (Lipinski definition) is 0. The number of allylic oxidation sites excluding steroid dienone is 12. The van der Waals surface area contributed by atoms with E-state index >= 15 is 0 Å². The Morgan fingerprint density at radius 3 is 2.00 bits per heavy atom. The first-order chi connectivity index (χ1) is 35.5. The van der Waals surface area contributed by atoms with E-state index in [-0.39, 0.29) is 12.0 Å². The van der Waals surface area contributed by atoms with Gasteiger partial charge in [-0.05, 0) is 165 Å². The molecule has 9 aromatic rings. The molecule has 2 heteroatoms. The minimum atomic E-state index is 0.145. The summed E-state index contributed by atoms with van der Waals surface area (Å²) in [4.78, 5) is 2.55. The number of nitrogens with zero attached hydrogens (tertiary/aromatic N) is 2. The molecular formula is C70H54N2. The summed E-state index contributed by atoms with van der Waals surface area (Å²) in [6, 6.07) is 65.9. The van der Waals surface area contributed by atoms with E-state index in [2.05, 4.69) is 273 Å². The average Bonchev–Trinajstić information content (AvgIpc) is 3.96. The molecule has 3 atom stereocenters. The predicted molar refractivity (Wildman–Crippen MR) is 307 cm³/mol. The van der Waals surface area contributed by atoms with E-state index in [0.29, 0.717) is 5.92 Å². The maximum absolute atomic E-state index is 4.02. The highest BCUT2D eigenvalue weighted by atomic mass is 15.2. The van der Waals surface area contributed by atoms with Crippen molar-refractivity contribution in [2.75, 3.05) is 4.90 Å². The van der Waals surface area contributed by atoms with Crippen LogP contribution in [0.1, 0.15) is 41.6 Å². The molecule has 0 saturated heterocycles. The lowest BCUT2D eigenvalue weighted by atomic mass is 9.81. The molecule has 3 unspecified atom stereocenters. The minimum Gasteiger partial charge on any atom is -0.333 e. The Morgan fingerprint density at radius 1 is 0.611 bits per heavy atom. The summed E-state index contributed by atoms with van der Waals surface area (Å²) in [7, 11) is 0. The Hall–Kier alpha value is -8.72. The number of aromatic nitrogens is 1. The van der Waals surface area contributed by atoms with Crippen LogP contribution in [0.25, 0.3) is 83.5 Å². The van der Waals surface area contributed by atoms with Gasteiger partial charge in [0.1, 0.15) is 0 Å². The van der Waals surface area contributed by atoms with Gasteiger partial charge in [0.15, 0.2) is 0 Å². The van der Waals surface area contributed by atoms with Gasteiger partial charge in [-0.15, -0.1) is 0 Å². The zero-order chi connectivity index (χ0) is 48.3. The third kappa shape index (κ3) is 7.42. The van der Waals surface area contributed by atoms with Crippen LogP contribution in [0.5, 0.6) is 0 Å². The third-order valence-electron chi connectivity index (χ3n) is 15.4. The monoisotopic (exact) mass is 922 g/mol. The van der Waals surface area contributed by atoms with E-state index < -0.39 is 0 Å². The molecule has 0 spiro atoms. The van der Waals surface area contributed by atoms with E-state index in [0.717, 1.165) is 12.1 Å². The predicted octanol–water partition coefficient (Wildman–Crippen LogP) is 18.5. The molecule has 13 rings (SSSR count). The van der Waals surface area contributed by atoms with Crippen LogP contribution in [-0.4, -0.2) is 10.6 Å². The molecule has 344 valence electrons. The van der Waals surface area contributed by atoms with Crippen molar-refractivity contribution in [2.24, 2.45) is 5.92 Å². The molecule has 8 aromatic carbocycles. The fraction of sp³-hybridized carbons (Fsp3) is 0.0857. The highest BCUT2D eigenvalue weighted by molar-refractivity contribution is 6.03. The Morgan fingerprint density at radius 2 is 1.28 bits per heavy atom. The van der Waals surface area contributed by atoms with E-state index in [1.54, 1.807) is 0 Å². The maximum atomic E-state index is 4.02. The van der Waals surface area contributed by atoms with Crippen molar-refractivity contribution in [3.8, 4) is 50.2 Å². The molecule has 2 nitrogen and oxygen atoms in total. The van der Waals surface area contributed by atoms with Gasteiger partial charge in [0.05, 0.1) is 17.3 Å². The van der Waals surface area contributed by atoms with Crippen LogP contribution in [0.3, 0.4) is 0 Å². The zero-order valence-electron chi connectivity index (χ0n) is 40.7. The smallest absolute Gasteiger partial charge is 0.0630 e. The first kappa shape index (κ1) is 43.3. The number of aryl methyl sites for hydroxylation is 1. The van der Waals surface area contributed by atoms with Crippen molar-refractivity contribution < 1.29 is 0 Å². The van der Waals surface area contributed by atoms with Crippen LogP contribution in [0.4, 0.5) is 11.4 Å². The van der Waals surface area contributed by atoms with Gasteiger partial charge in [0.2, 0.25) is 0 Å². The molecule has 1 aromatic heterocycles. The Balaban J connectivity index is 0.882. The molecule has 0 fully saturated rings. The van der Waals surface area contributed by atoms with Crippen LogP contribution in [0, 0.1) is 12.8 Å². The fourth-order valence-corrected chi connectivity index (χ4v) is 11.9. The lowest BCUT2D eigenvalue weighted by Crippen LogP contribution is -2.29. The summed E-state index contributed by atoms with van der Waals surface area (Å²) in [5, 5.41) is 3.88. The van der Waals surface area contributed by atoms with Gasteiger partial charge in [0, 0.05) is 39.8 Å². The molecule has 0 N–H and O–H groups in total. The van der Waals surface area contributed by atoms with Crippen LogP contribution in [0.15, 0.2) is 260 Å². The normalized spacial score (nSPS) is 17.7. The maximum Gasteiger partial charge on any atom is 0.0630 e. The summed E-state index contributed by atoms with van der Waals surface area (Å²) >= 11 is 0. The van der Waals surface area contributed by atoms with Gasteiger partial charge in [-0.1, -0.05) is 194 Å². The van der Waals surface area contributed by atoms with E-state index in [1.165, 1.54) is 117 Å². The number of rotatable bonds is 9. The fourth-order valence-electron chi connectivity index (χ4n) is 11.9. The molecule has 4 aliphatic rings. The number of hydrogen-bond acceptors (Lipinski definition) is 1. The second kappa shape index (κ2) is 17.9. The van der Waals surface area contributed by atoms with Crippen LogP contribution in [0.2, 0.25) is 0 Å². The lowest BCUT2D eigenvalue weighted by molar-refractivity contribution is 0.742. The highest BCUT2D eigenvalue weighted by Crippen LogP contribution is 2.52. The van der Waals surface area contributed by atoms with Crippen LogP contribution in [-0.2, 0) is 0 Å². The second-order valence-electron chi connectivity index (χ2n) is 19.6. The number of fused-ring (bicyclic) bond motifs is 10. The molecule has 72 heavy (non-hydrogen) atoms. The Labute approximate surface area is 423 Å². The molecule has 3 aliphatic carbocycles. The average molecular weight is 923 g/mol. The molecule has 0 radical (unpaired) electrons. The highest BCUT2D eigenvalue weighted by Gasteiger charge is 2.39. The molecule has 1 aliphatic heterocycles. The number of benzene rings is 8. The summed E-state index contributed by atoms with van der Waals surface area (Å²) in [5.41, 5.74) is 23.5. The van der Waals surface area contributed by atoms with Crippen LogP contribution >= 0.6 is 0 Å². The summed E-state index contributed by atoms with van der Waals surface area (Å²) < 4.78 is 2.47.